The van der Waals surface area contributed by atoms with Crippen molar-refractivity contribution in [2.24, 2.45) is 0 Å². The summed E-state index contributed by atoms with van der Waals surface area (Å²) in [6.45, 7) is 4.49. The maximum Gasteiger partial charge on any atom is 0.242 e. The van der Waals surface area contributed by atoms with Gasteiger partial charge < -0.3 is 19.7 Å². The molecular weight excluding hydrogens is 400 g/mol. The lowest BCUT2D eigenvalue weighted by Gasteiger charge is -2.28. The molecule has 0 aliphatic rings. The van der Waals surface area contributed by atoms with Crippen molar-refractivity contribution < 1.29 is 19.1 Å². The van der Waals surface area contributed by atoms with E-state index in [4.69, 9.17) is 9.47 Å². The second-order valence-corrected chi connectivity index (χ2v) is 7.77. The zero-order valence-corrected chi connectivity index (χ0v) is 18.8. The molecular formula is C23H30N2O4S. The Balaban J connectivity index is 2.05. The summed E-state index contributed by atoms with van der Waals surface area (Å²) in [5, 5.41) is 2.81. The molecule has 0 heterocycles. The number of thioether (sulfide) groups is 1. The van der Waals surface area contributed by atoms with Crippen molar-refractivity contribution in [3.8, 4) is 11.5 Å². The normalized spacial score (nSPS) is 11.5. The van der Waals surface area contributed by atoms with E-state index in [9.17, 15) is 9.59 Å². The predicted octanol–water partition coefficient (Wildman–Crippen LogP) is 3.49. The van der Waals surface area contributed by atoms with Crippen LogP contribution in [-0.4, -0.2) is 49.3 Å². The number of methoxy groups -OCH3 is 2. The molecule has 2 rings (SSSR count). The number of rotatable bonds is 11. The fraction of sp³-hybridized carbons (Fsp3) is 0.391. The first-order valence-corrected chi connectivity index (χ1v) is 11.0. The van der Waals surface area contributed by atoms with Gasteiger partial charge in [-0.05, 0) is 49.2 Å². The third-order valence-electron chi connectivity index (χ3n) is 4.66. The van der Waals surface area contributed by atoms with Gasteiger partial charge in [-0.2, -0.15) is 0 Å². The molecule has 1 atom stereocenters. The maximum absolute atomic E-state index is 13.0. The van der Waals surface area contributed by atoms with E-state index in [1.807, 2.05) is 55.5 Å². The molecule has 2 amide bonds. The smallest absolute Gasteiger partial charge is 0.242 e. The molecule has 7 heteroatoms. The average molecular weight is 431 g/mol. The molecule has 0 aliphatic heterocycles. The highest BCUT2D eigenvalue weighted by Gasteiger charge is 2.25. The monoisotopic (exact) mass is 430 g/mol. The lowest BCUT2D eigenvalue weighted by atomic mass is 10.1. The van der Waals surface area contributed by atoms with Crippen molar-refractivity contribution in [2.45, 2.75) is 32.2 Å². The molecule has 0 spiro atoms. The van der Waals surface area contributed by atoms with E-state index in [0.29, 0.717) is 24.6 Å². The summed E-state index contributed by atoms with van der Waals surface area (Å²) in [6.07, 6.45) is 0. The van der Waals surface area contributed by atoms with Gasteiger partial charge in [-0.3, -0.25) is 9.59 Å². The summed E-state index contributed by atoms with van der Waals surface area (Å²) in [5.74, 6) is 2.29. The Hall–Kier alpha value is -2.67. The molecule has 2 aromatic rings. The minimum Gasteiger partial charge on any atom is -0.497 e. The van der Waals surface area contributed by atoms with Gasteiger partial charge in [-0.1, -0.05) is 24.3 Å². The van der Waals surface area contributed by atoms with Crippen molar-refractivity contribution in [3.63, 3.8) is 0 Å². The van der Waals surface area contributed by atoms with Crippen LogP contribution in [0.5, 0.6) is 11.5 Å². The quantitative estimate of drug-likeness (QED) is 0.591. The summed E-state index contributed by atoms with van der Waals surface area (Å²) in [6, 6.07) is 14.8. The van der Waals surface area contributed by atoms with Gasteiger partial charge in [0.1, 0.15) is 17.5 Å². The Bertz CT molecular complexity index is 826. The topological polar surface area (TPSA) is 67.9 Å². The van der Waals surface area contributed by atoms with Crippen LogP contribution in [0.3, 0.4) is 0 Å². The lowest BCUT2D eigenvalue weighted by Crippen LogP contribution is -2.48. The van der Waals surface area contributed by atoms with E-state index in [0.717, 1.165) is 22.6 Å². The van der Waals surface area contributed by atoms with Crippen LogP contribution in [0.25, 0.3) is 0 Å². The summed E-state index contributed by atoms with van der Waals surface area (Å²) in [4.78, 5) is 27.1. The van der Waals surface area contributed by atoms with Crippen LogP contribution < -0.4 is 14.8 Å². The zero-order valence-electron chi connectivity index (χ0n) is 18.0. The molecule has 0 bridgehead atoms. The number of carbonyl (C=O) groups excluding carboxylic acids is 2. The molecule has 0 radical (unpaired) electrons. The van der Waals surface area contributed by atoms with E-state index in [1.54, 1.807) is 26.0 Å². The predicted molar refractivity (Wildman–Crippen MR) is 121 cm³/mol. The summed E-state index contributed by atoms with van der Waals surface area (Å²) >= 11 is 1.53. The summed E-state index contributed by atoms with van der Waals surface area (Å²) in [5.41, 5.74) is 2.03. The third kappa shape index (κ3) is 6.99. The van der Waals surface area contributed by atoms with Gasteiger partial charge in [0.15, 0.2) is 0 Å². The van der Waals surface area contributed by atoms with E-state index >= 15 is 0 Å². The maximum atomic E-state index is 13.0. The van der Waals surface area contributed by atoms with Crippen LogP contribution in [-0.2, 0) is 21.9 Å². The van der Waals surface area contributed by atoms with E-state index in [1.165, 1.54) is 11.8 Å². The molecule has 6 nitrogen and oxygen atoms in total. The SMILES string of the molecule is CCNC(=O)C(C)N(Cc1cccc(OC)c1)C(=O)CSCc1ccc(OC)cc1. The lowest BCUT2D eigenvalue weighted by molar-refractivity contribution is -0.138. The molecule has 30 heavy (non-hydrogen) atoms. The first-order chi connectivity index (χ1) is 14.5. The zero-order chi connectivity index (χ0) is 21.9. The third-order valence-corrected chi connectivity index (χ3v) is 5.65. The standard InChI is InChI=1S/C23H30N2O4S/c1-5-24-23(27)17(2)25(14-19-7-6-8-21(13-19)29-4)22(26)16-30-15-18-9-11-20(28-3)12-10-18/h6-13,17H,5,14-16H2,1-4H3,(H,24,27). The molecule has 0 aliphatic carbocycles. The second-order valence-electron chi connectivity index (χ2n) is 6.78. The fourth-order valence-corrected chi connectivity index (χ4v) is 3.80. The Morgan fingerprint density at radius 2 is 1.73 bits per heavy atom. The largest absolute Gasteiger partial charge is 0.497 e. The molecule has 0 saturated heterocycles. The number of nitrogens with zero attached hydrogens (tertiary/aromatic N) is 1. The van der Waals surface area contributed by atoms with Gasteiger partial charge in [-0.25, -0.2) is 0 Å². The van der Waals surface area contributed by atoms with E-state index in [2.05, 4.69) is 5.32 Å². The van der Waals surface area contributed by atoms with Crippen LogP contribution in [0.2, 0.25) is 0 Å². The van der Waals surface area contributed by atoms with Gasteiger partial charge in [0.2, 0.25) is 11.8 Å². The molecule has 1 N–H and O–H groups in total. The number of hydrogen-bond donors (Lipinski definition) is 1. The first kappa shape index (κ1) is 23.6. The number of hydrogen-bond acceptors (Lipinski definition) is 5. The minimum atomic E-state index is -0.565. The second kappa shape index (κ2) is 12.1. The highest BCUT2D eigenvalue weighted by atomic mass is 32.2. The number of ether oxygens (including phenoxy) is 2. The molecule has 162 valence electrons. The number of carbonyl (C=O) groups is 2. The van der Waals surface area contributed by atoms with Crippen molar-refractivity contribution in [2.75, 3.05) is 26.5 Å². The number of amides is 2. The van der Waals surface area contributed by atoms with Crippen LogP contribution in [0.15, 0.2) is 48.5 Å². The minimum absolute atomic E-state index is 0.0740. The summed E-state index contributed by atoms with van der Waals surface area (Å²) in [7, 11) is 3.24. The summed E-state index contributed by atoms with van der Waals surface area (Å²) < 4.78 is 10.4. The van der Waals surface area contributed by atoms with Crippen LogP contribution >= 0.6 is 11.8 Å². The van der Waals surface area contributed by atoms with Crippen molar-refractivity contribution in [1.29, 1.82) is 0 Å². The van der Waals surface area contributed by atoms with Crippen molar-refractivity contribution in [1.82, 2.24) is 10.2 Å². The average Bonchev–Trinajstić information content (AvgIpc) is 2.77. The van der Waals surface area contributed by atoms with Gasteiger partial charge in [0.25, 0.3) is 0 Å². The fourth-order valence-electron chi connectivity index (χ4n) is 2.93. The van der Waals surface area contributed by atoms with Gasteiger partial charge in [0.05, 0.1) is 20.0 Å². The Morgan fingerprint density at radius 1 is 1.03 bits per heavy atom. The number of nitrogens with one attached hydrogen (secondary N) is 1. The molecule has 0 saturated carbocycles. The van der Waals surface area contributed by atoms with Gasteiger partial charge in [-0.15, -0.1) is 11.8 Å². The number of benzene rings is 2. The molecule has 0 aromatic heterocycles. The van der Waals surface area contributed by atoms with Crippen molar-refractivity contribution >= 4 is 23.6 Å². The highest BCUT2D eigenvalue weighted by Crippen LogP contribution is 2.19. The van der Waals surface area contributed by atoms with Gasteiger partial charge >= 0.3 is 0 Å². The van der Waals surface area contributed by atoms with Crippen LogP contribution in [0.1, 0.15) is 25.0 Å². The van der Waals surface area contributed by atoms with Gasteiger partial charge in [0, 0.05) is 18.8 Å². The Kier molecular flexibility index (Phi) is 9.54. The molecule has 2 aromatic carbocycles. The van der Waals surface area contributed by atoms with E-state index < -0.39 is 6.04 Å². The highest BCUT2D eigenvalue weighted by molar-refractivity contribution is 7.99. The van der Waals surface area contributed by atoms with E-state index in [-0.39, 0.29) is 11.8 Å². The van der Waals surface area contributed by atoms with Crippen molar-refractivity contribution in [3.05, 3.63) is 59.7 Å². The van der Waals surface area contributed by atoms with Crippen LogP contribution in [0.4, 0.5) is 0 Å². The van der Waals surface area contributed by atoms with Crippen LogP contribution in [0, 0.1) is 0 Å². The Morgan fingerprint density at radius 3 is 2.37 bits per heavy atom. The Labute approximate surface area is 182 Å². The molecule has 1 unspecified atom stereocenters. The first-order valence-electron chi connectivity index (χ1n) is 9.89. The number of likely N-dealkylation sites (N-methyl/N-ethyl adjacent to an activating group) is 1. The molecule has 0 fully saturated rings.